The van der Waals surface area contributed by atoms with Gasteiger partial charge in [-0.3, -0.25) is 0 Å². The predicted octanol–water partition coefficient (Wildman–Crippen LogP) is 0.523. The van der Waals surface area contributed by atoms with E-state index in [9.17, 15) is 17.6 Å². The van der Waals surface area contributed by atoms with Crippen LogP contribution in [0.4, 0.5) is 4.39 Å². The van der Waals surface area contributed by atoms with Crippen LogP contribution in [0.15, 0.2) is 23.6 Å². The molecule has 1 atom stereocenters. The third kappa shape index (κ3) is 2.02. The number of alkyl halides is 1. The van der Waals surface area contributed by atoms with Crippen molar-refractivity contribution in [2.75, 3.05) is 0 Å². The molecule has 1 unspecified atom stereocenters. The summed E-state index contributed by atoms with van der Waals surface area (Å²) in [6.45, 7) is 0. The fraction of sp³-hybridized carbons (Fsp3) is 0.143. The van der Waals surface area contributed by atoms with Gasteiger partial charge in [0.2, 0.25) is 10.3 Å². The second-order valence-corrected chi connectivity index (χ2v) is 3.81. The minimum Gasteiger partial charge on any atom is -0.478 e. The highest BCUT2D eigenvalue weighted by Gasteiger charge is 2.27. The van der Waals surface area contributed by atoms with Crippen LogP contribution in [-0.4, -0.2) is 29.7 Å². The molecule has 0 amide bonds. The van der Waals surface area contributed by atoms with E-state index in [1.807, 2.05) is 0 Å². The van der Waals surface area contributed by atoms with Crippen molar-refractivity contribution in [3.8, 4) is 0 Å². The molecule has 0 aromatic rings. The van der Waals surface area contributed by atoms with Crippen LogP contribution in [0.2, 0.25) is 0 Å². The van der Waals surface area contributed by atoms with Gasteiger partial charge in [-0.1, -0.05) is 0 Å². The summed E-state index contributed by atoms with van der Waals surface area (Å²) in [6.07, 6.45) is 1.38. The van der Waals surface area contributed by atoms with Crippen molar-refractivity contribution in [3.05, 3.63) is 23.6 Å². The highest BCUT2D eigenvalue weighted by Crippen LogP contribution is 2.21. The van der Waals surface area contributed by atoms with Crippen molar-refractivity contribution in [3.63, 3.8) is 0 Å². The minimum atomic E-state index is -2.73. The van der Waals surface area contributed by atoms with E-state index in [0.717, 1.165) is 0 Å². The Morgan fingerprint density at radius 2 is 2.07 bits per heavy atom. The summed E-state index contributed by atoms with van der Waals surface area (Å²) in [5.74, 6) is -2.39. The first kappa shape index (κ1) is 10.9. The number of carboxylic acid groups (broad SMARTS) is 1. The molecule has 1 N–H and O–H groups in total. The second-order valence-electron chi connectivity index (χ2n) is 2.43. The van der Waals surface area contributed by atoms with E-state index < -0.39 is 37.9 Å². The van der Waals surface area contributed by atoms with Crippen LogP contribution in [0, 0.1) is 0 Å². The lowest BCUT2D eigenvalue weighted by Gasteiger charge is -2.12. The van der Waals surface area contributed by atoms with Crippen LogP contribution in [0.5, 0.6) is 0 Å². The molecule has 4 nitrogen and oxygen atoms in total. The van der Waals surface area contributed by atoms with E-state index in [1.165, 1.54) is 0 Å². The van der Waals surface area contributed by atoms with Gasteiger partial charge >= 0.3 is 5.97 Å². The zero-order valence-electron chi connectivity index (χ0n) is 6.57. The molecule has 0 aromatic heterocycles. The lowest BCUT2D eigenvalue weighted by Crippen LogP contribution is -2.24. The molecule has 0 radical (unpaired) electrons. The van der Waals surface area contributed by atoms with Gasteiger partial charge in [-0.05, 0) is 12.2 Å². The fourth-order valence-corrected chi connectivity index (χ4v) is 1.87. The molecule has 0 heterocycles. The largest absolute Gasteiger partial charge is 0.478 e. The topological polar surface area (TPSA) is 71.4 Å². The monoisotopic (exact) mass is 238 g/mol. The molecule has 0 aromatic carbocycles. The second kappa shape index (κ2) is 3.93. The Morgan fingerprint density at radius 1 is 1.50 bits per heavy atom. The first-order valence-electron chi connectivity index (χ1n) is 3.35. The number of aliphatic carboxylic acids is 1. The van der Waals surface area contributed by atoms with Crippen molar-refractivity contribution in [2.24, 2.45) is 0 Å². The number of carboxylic acids is 1. The van der Waals surface area contributed by atoms with Crippen LogP contribution in [0.3, 0.4) is 0 Å². The number of hydrogen-bond acceptors (Lipinski definition) is 3. The Hall–Kier alpha value is -1.14. The lowest BCUT2D eigenvalue weighted by molar-refractivity contribution is -0.132. The van der Waals surface area contributed by atoms with E-state index in [1.54, 1.807) is 0 Å². The highest BCUT2D eigenvalue weighted by atomic mass is 35.5. The van der Waals surface area contributed by atoms with Crippen LogP contribution in [0.25, 0.3) is 0 Å². The molecule has 1 aliphatic carbocycles. The zero-order valence-corrected chi connectivity index (χ0v) is 8.14. The summed E-state index contributed by atoms with van der Waals surface area (Å²) < 4.78 is 33.8. The third-order valence-corrected chi connectivity index (χ3v) is 2.87. The van der Waals surface area contributed by atoms with E-state index in [-0.39, 0.29) is 0 Å². The molecule has 0 saturated heterocycles. The van der Waals surface area contributed by atoms with Gasteiger partial charge in [-0.25, -0.2) is 9.18 Å². The number of hydrogen-bond donors (Lipinski definition) is 1. The maximum Gasteiger partial charge on any atom is 0.333 e. The average molecular weight is 239 g/mol. The lowest BCUT2D eigenvalue weighted by atomic mass is 10.0. The first-order valence-corrected chi connectivity index (χ1v) is 4.87. The zero-order chi connectivity index (χ0) is 10.9. The number of rotatable bonds is 1. The quantitative estimate of drug-likeness (QED) is 0.534. The van der Waals surface area contributed by atoms with Crippen molar-refractivity contribution >= 4 is 32.7 Å². The summed E-state index contributed by atoms with van der Waals surface area (Å²) in [5, 5.41) is 7.22. The summed E-state index contributed by atoms with van der Waals surface area (Å²) in [5.41, 5.74) is -0.495. The van der Waals surface area contributed by atoms with Crippen LogP contribution in [-0.2, 0) is 15.1 Å². The molecule has 0 fully saturated rings. The SMILES string of the molecule is O=C(O)C1=CC(F)=CC(=S(=O)=O)C1Cl. The smallest absolute Gasteiger partial charge is 0.333 e. The summed E-state index contributed by atoms with van der Waals surface area (Å²) in [4.78, 5) is 10.0. The summed E-state index contributed by atoms with van der Waals surface area (Å²) in [7, 11) is -2.73. The minimum absolute atomic E-state index is 0.482. The van der Waals surface area contributed by atoms with Gasteiger partial charge in [0.15, 0.2) is 0 Å². The highest BCUT2D eigenvalue weighted by molar-refractivity contribution is 7.73. The summed E-state index contributed by atoms with van der Waals surface area (Å²) in [6, 6.07) is 0. The molecule has 0 spiro atoms. The molecule has 0 saturated carbocycles. The molecule has 7 heteroatoms. The number of carbonyl (C=O) groups is 1. The van der Waals surface area contributed by atoms with Crippen LogP contribution >= 0.6 is 11.6 Å². The first-order chi connectivity index (χ1) is 6.43. The molecular formula is C7H4ClFO4S. The normalized spacial score (nSPS) is 21.3. The molecule has 1 rings (SSSR count). The Balaban J connectivity index is 3.35. The van der Waals surface area contributed by atoms with Gasteiger partial charge in [0, 0.05) is 0 Å². The molecular weight excluding hydrogens is 235 g/mol. The molecule has 14 heavy (non-hydrogen) atoms. The third-order valence-electron chi connectivity index (χ3n) is 1.54. The van der Waals surface area contributed by atoms with Crippen molar-refractivity contribution in [2.45, 2.75) is 5.38 Å². The van der Waals surface area contributed by atoms with E-state index in [4.69, 9.17) is 16.7 Å². The van der Waals surface area contributed by atoms with Crippen molar-refractivity contribution in [1.82, 2.24) is 0 Å². The van der Waals surface area contributed by atoms with Crippen LogP contribution < -0.4 is 0 Å². The van der Waals surface area contributed by atoms with Gasteiger partial charge in [0.25, 0.3) is 0 Å². The van der Waals surface area contributed by atoms with Gasteiger partial charge in [-0.2, -0.15) is 8.42 Å². The van der Waals surface area contributed by atoms with Crippen LogP contribution in [0.1, 0.15) is 0 Å². The Bertz CT molecular complexity index is 466. The van der Waals surface area contributed by atoms with Gasteiger partial charge in [0.1, 0.15) is 11.2 Å². The maximum absolute atomic E-state index is 12.7. The Labute approximate surface area is 84.8 Å². The average Bonchev–Trinajstić information content (AvgIpc) is 2.07. The van der Waals surface area contributed by atoms with Gasteiger partial charge < -0.3 is 5.11 Å². The van der Waals surface area contributed by atoms with E-state index in [0.29, 0.717) is 12.2 Å². The van der Waals surface area contributed by atoms with Crippen molar-refractivity contribution < 1.29 is 22.7 Å². The molecule has 1 aliphatic rings. The number of halogens is 2. The standard InChI is InChI=1S/C7H4ClFO4S/c8-6-4(7(10)11)1-3(9)2-5(6)14(12)13/h1-2,6H,(H,10,11). The Morgan fingerprint density at radius 3 is 2.50 bits per heavy atom. The van der Waals surface area contributed by atoms with Gasteiger partial charge in [0.05, 0.1) is 10.4 Å². The Kier molecular flexibility index (Phi) is 3.07. The van der Waals surface area contributed by atoms with E-state index in [2.05, 4.69) is 0 Å². The van der Waals surface area contributed by atoms with Crippen molar-refractivity contribution in [1.29, 1.82) is 0 Å². The predicted molar refractivity (Wildman–Crippen MR) is 48.5 cm³/mol. The number of allylic oxidation sites excluding steroid dienone is 3. The van der Waals surface area contributed by atoms with Gasteiger partial charge in [-0.15, -0.1) is 11.6 Å². The molecule has 0 aliphatic heterocycles. The molecule has 0 bridgehead atoms. The summed E-state index contributed by atoms with van der Waals surface area (Å²) >= 11 is 5.51. The maximum atomic E-state index is 12.7. The van der Waals surface area contributed by atoms with E-state index >= 15 is 0 Å². The molecule has 76 valence electrons. The fourth-order valence-electron chi connectivity index (χ4n) is 0.928.